The van der Waals surface area contributed by atoms with Gasteiger partial charge in [-0.05, 0) is 62.7 Å². The van der Waals surface area contributed by atoms with E-state index in [1.807, 2.05) is 19.1 Å². The Morgan fingerprint density at radius 1 is 1.12 bits per heavy atom. The van der Waals surface area contributed by atoms with E-state index in [0.717, 1.165) is 37.6 Å². The molecule has 2 heterocycles. The van der Waals surface area contributed by atoms with Gasteiger partial charge in [-0.25, -0.2) is 8.78 Å². The highest BCUT2D eigenvalue weighted by molar-refractivity contribution is 6.12. The first-order valence-electron chi connectivity index (χ1n) is 10.7. The van der Waals surface area contributed by atoms with E-state index in [0.29, 0.717) is 17.0 Å². The second kappa shape index (κ2) is 9.95. The van der Waals surface area contributed by atoms with Gasteiger partial charge in [-0.15, -0.1) is 0 Å². The third-order valence-electron chi connectivity index (χ3n) is 5.61. The van der Waals surface area contributed by atoms with Crippen LogP contribution in [0.1, 0.15) is 29.5 Å². The molecule has 0 spiro atoms. The van der Waals surface area contributed by atoms with Crippen LogP contribution in [0.15, 0.2) is 64.7 Å². The number of oxime groups is 1. The average molecular weight is 453 g/mol. The second-order valence-electron chi connectivity index (χ2n) is 7.87. The maximum Gasteiger partial charge on any atom is 0.255 e. The zero-order chi connectivity index (χ0) is 23.4. The maximum absolute atomic E-state index is 14.8. The number of benzene rings is 2. The van der Waals surface area contributed by atoms with Crippen LogP contribution in [0.5, 0.6) is 5.75 Å². The lowest BCUT2D eigenvalue weighted by Crippen LogP contribution is -2.31. The van der Waals surface area contributed by atoms with Gasteiger partial charge in [-0.2, -0.15) is 0 Å². The molecule has 1 fully saturated rings. The number of pyridine rings is 1. The summed E-state index contributed by atoms with van der Waals surface area (Å²) < 4.78 is 35.2. The van der Waals surface area contributed by atoms with E-state index in [1.54, 1.807) is 18.3 Å². The van der Waals surface area contributed by atoms with Crippen LogP contribution < -0.4 is 15.6 Å². The van der Waals surface area contributed by atoms with Crippen molar-refractivity contribution in [2.45, 2.75) is 25.9 Å². The van der Waals surface area contributed by atoms with E-state index >= 15 is 0 Å². The van der Waals surface area contributed by atoms with Crippen LogP contribution >= 0.6 is 0 Å². The molecule has 3 aromatic rings. The van der Waals surface area contributed by atoms with Crippen molar-refractivity contribution in [1.82, 2.24) is 9.88 Å². The van der Waals surface area contributed by atoms with Gasteiger partial charge in [0.25, 0.3) is 5.56 Å². The molecule has 4 rings (SSSR count). The number of hydrogen-bond acceptors (Lipinski definition) is 5. The first kappa shape index (κ1) is 22.7. The Kier molecular flexibility index (Phi) is 6.84. The molecule has 1 aromatic heterocycles. The molecule has 2 aromatic carbocycles. The zero-order valence-electron chi connectivity index (χ0n) is 18.5. The Morgan fingerprint density at radius 2 is 1.91 bits per heavy atom. The molecule has 1 saturated heterocycles. The molecule has 33 heavy (non-hydrogen) atoms. The first-order valence-corrected chi connectivity index (χ1v) is 10.7. The van der Waals surface area contributed by atoms with Gasteiger partial charge in [0.05, 0.1) is 12.8 Å². The van der Waals surface area contributed by atoms with Gasteiger partial charge in [-0.1, -0.05) is 17.3 Å². The summed E-state index contributed by atoms with van der Waals surface area (Å²) >= 11 is 0. The van der Waals surface area contributed by atoms with Crippen LogP contribution in [-0.2, 0) is 4.84 Å². The molecule has 1 N–H and O–H groups in total. The van der Waals surface area contributed by atoms with Crippen molar-refractivity contribution >= 4 is 5.71 Å². The van der Waals surface area contributed by atoms with Gasteiger partial charge >= 0.3 is 0 Å². The number of methoxy groups -OCH3 is 1. The molecular weight excluding hydrogens is 428 g/mol. The normalized spacial score (nSPS) is 14.8. The molecule has 0 radical (unpaired) electrons. The number of hydrogen-bond donors (Lipinski definition) is 1. The SMILES string of the molecule is COc1cccc(C)c1-n1cc(C(=NOC2CCNCC2)c2ccc(F)cc2F)ccc1=O. The summed E-state index contributed by atoms with van der Waals surface area (Å²) in [6.07, 6.45) is 2.98. The predicted octanol–water partition coefficient (Wildman–Crippen LogP) is 3.95. The largest absolute Gasteiger partial charge is 0.495 e. The lowest BCUT2D eigenvalue weighted by molar-refractivity contribution is 0.0378. The van der Waals surface area contributed by atoms with E-state index in [1.165, 1.54) is 29.9 Å². The summed E-state index contributed by atoms with van der Waals surface area (Å²) in [5.74, 6) is -0.940. The quantitative estimate of drug-likeness (QED) is 0.453. The van der Waals surface area contributed by atoms with E-state index in [-0.39, 0.29) is 22.9 Å². The Labute approximate surface area is 190 Å². The topological polar surface area (TPSA) is 64.8 Å². The molecule has 8 heteroatoms. The number of piperidine rings is 1. The molecule has 0 aliphatic carbocycles. The summed E-state index contributed by atoms with van der Waals surface area (Å²) in [4.78, 5) is 18.5. The van der Waals surface area contributed by atoms with Crippen LogP contribution in [0, 0.1) is 18.6 Å². The van der Waals surface area contributed by atoms with Crippen molar-refractivity contribution in [2.24, 2.45) is 5.16 Å². The second-order valence-corrected chi connectivity index (χ2v) is 7.87. The number of ether oxygens (including phenoxy) is 1. The summed E-state index contributed by atoms with van der Waals surface area (Å²) in [7, 11) is 1.53. The van der Waals surface area contributed by atoms with Crippen molar-refractivity contribution in [2.75, 3.05) is 20.2 Å². The molecule has 0 bridgehead atoms. The fraction of sp³-hybridized carbons (Fsp3) is 0.280. The summed E-state index contributed by atoms with van der Waals surface area (Å²) in [6.45, 7) is 3.47. The minimum atomic E-state index is -0.770. The number of nitrogens with one attached hydrogen (secondary N) is 1. The van der Waals surface area contributed by atoms with Gasteiger partial charge in [-0.3, -0.25) is 9.36 Å². The van der Waals surface area contributed by atoms with E-state index < -0.39 is 11.6 Å². The fourth-order valence-electron chi connectivity index (χ4n) is 3.87. The van der Waals surface area contributed by atoms with Crippen molar-refractivity contribution in [3.63, 3.8) is 0 Å². The highest BCUT2D eigenvalue weighted by Crippen LogP contribution is 2.26. The van der Waals surface area contributed by atoms with Gasteiger partial charge in [0.2, 0.25) is 0 Å². The van der Waals surface area contributed by atoms with Crippen molar-refractivity contribution in [3.8, 4) is 11.4 Å². The summed E-state index contributed by atoms with van der Waals surface area (Å²) in [5.41, 5.74) is 1.81. The molecular formula is C25H25F2N3O3. The van der Waals surface area contributed by atoms with E-state index in [9.17, 15) is 13.6 Å². The molecule has 172 valence electrons. The highest BCUT2D eigenvalue weighted by atomic mass is 19.1. The maximum atomic E-state index is 14.8. The summed E-state index contributed by atoms with van der Waals surface area (Å²) in [6, 6.07) is 11.7. The molecule has 6 nitrogen and oxygen atoms in total. The fourth-order valence-corrected chi connectivity index (χ4v) is 3.87. The van der Waals surface area contributed by atoms with Gasteiger partial charge in [0.1, 0.15) is 29.2 Å². The van der Waals surface area contributed by atoms with Crippen molar-refractivity contribution in [3.05, 3.63) is 93.4 Å². The summed E-state index contributed by atoms with van der Waals surface area (Å²) in [5, 5.41) is 7.54. The van der Waals surface area contributed by atoms with Gasteiger partial charge < -0.3 is 14.9 Å². The molecule has 0 amide bonds. The van der Waals surface area contributed by atoms with E-state index in [4.69, 9.17) is 9.57 Å². The lowest BCUT2D eigenvalue weighted by atomic mass is 10.0. The van der Waals surface area contributed by atoms with Gasteiger partial charge in [0, 0.05) is 29.5 Å². The smallest absolute Gasteiger partial charge is 0.255 e. The number of halogens is 2. The van der Waals surface area contributed by atoms with Crippen LogP contribution in [-0.4, -0.2) is 36.6 Å². The highest BCUT2D eigenvalue weighted by Gasteiger charge is 2.19. The van der Waals surface area contributed by atoms with Crippen LogP contribution in [0.4, 0.5) is 8.78 Å². The molecule has 0 unspecified atom stereocenters. The Morgan fingerprint density at radius 3 is 2.64 bits per heavy atom. The van der Waals surface area contributed by atoms with E-state index in [2.05, 4.69) is 10.5 Å². The number of aryl methyl sites for hydroxylation is 1. The standard InChI is InChI=1S/C25H25F2N3O3/c1-16-4-3-5-22(32-2)25(16)30-15-17(6-9-23(30)31)24(20-8-7-18(26)14-21(20)27)29-33-19-10-12-28-13-11-19/h3-9,14-15,19,28H,10-13H2,1-2H3. The first-order chi connectivity index (χ1) is 16.0. The molecule has 1 aliphatic rings. The van der Waals surface area contributed by atoms with Crippen molar-refractivity contribution < 1.29 is 18.4 Å². The van der Waals surface area contributed by atoms with Crippen LogP contribution in [0.25, 0.3) is 5.69 Å². The third-order valence-corrected chi connectivity index (χ3v) is 5.61. The minimum Gasteiger partial charge on any atom is -0.495 e. The lowest BCUT2D eigenvalue weighted by Gasteiger charge is -2.21. The van der Waals surface area contributed by atoms with Crippen LogP contribution in [0.3, 0.4) is 0 Å². The molecule has 1 aliphatic heterocycles. The Hall–Kier alpha value is -3.52. The molecule has 0 saturated carbocycles. The Bertz CT molecular complexity index is 1230. The number of nitrogens with zero attached hydrogens (tertiary/aromatic N) is 2. The average Bonchev–Trinajstić information content (AvgIpc) is 2.82. The van der Waals surface area contributed by atoms with Crippen LogP contribution in [0.2, 0.25) is 0 Å². The molecule has 0 atom stereocenters. The number of para-hydroxylation sites is 1. The van der Waals surface area contributed by atoms with Gasteiger partial charge in [0.15, 0.2) is 0 Å². The Balaban J connectivity index is 1.84. The predicted molar refractivity (Wildman–Crippen MR) is 122 cm³/mol. The third kappa shape index (κ3) is 4.96. The number of rotatable bonds is 6. The minimum absolute atomic E-state index is 0.0762. The monoisotopic (exact) mass is 453 g/mol. The van der Waals surface area contributed by atoms with Crippen molar-refractivity contribution in [1.29, 1.82) is 0 Å². The number of aromatic nitrogens is 1. The zero-order valence-corrected chi connectivity index (χ0v) is 18.5.